The van der Waals surface area contributed by atoms with E-state index in [9.17, 15) is 4.79 Å². The summed E-state index contributed by atoms with van der Waals surface area (Å²) in [6, 6.07) is 5.42. The van der Waals surface area contributed by atoms with E-state index < -0.39 is 5.25 Å². The lowest BCUT2D eigenvalue weighted by Gasteiger charge is -2.11. The summed E-state index contributed by atoms with van der Waals surface area (Å²) in [5.74, 6) is 4.62. The molecule has 0 aromatic heterocycles. The fraction of sp³-hybridized carbons (Fsp3) is 0.222. The van der Waals surface area contributed by atoms with Crippen molar-refractivity contribution in [2.24, 2.45) is 5.84 Å². The van der Waals surface area contributed by atoms with Crippen LogP contribution in [0.25, 0.3) is 0 Å². The first-order valence-corrected chi connectivity index (χ1v) is 4.90. The van der Waals surface area contributed by atoms with Gasteiger partial charge in [0.05, 0.1) is 0 Å². The summed E-state index contributed by atoms with van der Waals surface area (Å²) >= 11 is 10.1. The second kappa shape index (κ2) is 4.68. The van der Waals surface area contributed by atoms with Crippen LogP contribution >= 0.6 is 24.2 Å². The molecule has 0 bridgehead atoms. The van der Waals surface area contributed by atoms with Crippen molar-refractivity contribution in [2.45, 2.75) is 12.2 Å². The van der Waals surface area contributed by atoms with E-state index in [4.69, 9.17) is 17.4 Å². The van der Waals surface area contributed by atoms with Gasteiger partial charge in [0.2, 0.25) is 0 Å². The lowest BCUT2D eigenvalue weighted by molar-refractivity contribution is -0.120. The Kier molecular flexibility index (Phi) is 3.80. The van der Waals surface area contributed by atoms with Crippen molar-refractivity contribution < 1.29 is 4.79 Å². The average molecular weight is 231 g/mol. The van der Waals surface area contributed by atoms with Gasteiger partial charge in [-0.05, 0) is 24.1 Å². The van der Waals surface area contributed by atoms with Crippen LogP contribution in [0.2, 0.25) is 5.02 Å². The summed E-state index contributed by atoms with van der Waals surface area (Å²) < 4.78 is 0. The molecule has 1 aromatic rings. The zero-order valence-corrected chi connectivity index (χ0v) is 9.27. The van der Waals surface area contributed by atoms with E-state index in [1.165, 1.54) is 0 Å². The fourth-order valence-corrected chi connectivity index (χ4v) is 1.79. The number of rotatable bonds is 2. The van der Waals surface area contributed by atoms with Crippen LogP contribution in [0.15, 0.2) is 18.2 Å². The molecular weight excluding hydrogens is 220 g/mol. The minimum absolute atomic E-state index is 0.376. The first-order chi connectivity index (χ1) is 6.56. The molecule has 5 heteroatoms. The summed E-state index contributed by atoms with van der Waals surface area (Å²) in [7, 11) is 0. The summed E-state index contributed by atoms with van der Waals surface area (Å²) in [6.07, 6.45) is 0. The van der Waals surface area contributed by atoms with E-state index in [1.54, 1.807) is 12.1 Å². The molecule has 1 amide bonds. The second-order valence-electron chi connectivity index (χ2n) is 2.94. The van der Waals surface area contributed by atoms with Crippen LogP contribution in [0.4, 0.5) is 0 Å². The van der Waals surface area contributed by atoms with Gasteiger partial charge < -0.3 is 0 Å². The van der Waals surface area contributed by atoms with Crippen molar-refractivity contribution in [3.8, 4) is 0 Å². The number of benzene rings is 1. The molecule has 0 saturated heterocycles. The van der Waals surface area contributed by atoms with Gasteiger partial charge in [-0.15, -0.1) is 0 Å². The molecule has 0 aliphatic heterocycles. The van der Waals surface area contributed by atoms with E-state index in [1.807, 2.05) is 18.4 Å². The van der Waals surface area contributed by atoms with Gasteiger partial charge >= 0.3 is 0 Å². The molecule has 0 saturated carbocycles. The van der Waals surface area contributed by atoms with Crippen LogP contribution in [-0.2, 0) is 4.79 Å². The van der Waals surface area contributed by atoms with Crippen molar-refractivity contribution in [3.63, 3.8) is 0 Å². The van der Waals surface area contributed by atoms with Gasteiger partial charge in [-0.25, -0.2) is 5.84 Å². The van der Waals surface area contributed by atoms with E-state index in [2.05, 4.69) is 12.6 Å². The first-order valence-electron chi connectivity index (χ1n) is 4.01. The van der Waals surface area contributed by atoms with Crippen molar-refractivity contribution in [1.82, 2.24) is 5.43 Å². The van der Waals surface area contributed by atoms with E-state index >= 15 is 0 Å². The highest BCUT2D eigenvalue weighted by Crippen LogP contribution is 2.28. The largest absolute Gasteiger partial charge is 0.293 e. The number of amides is 1. The van der Waals surface area contributed by atoms with Crippen LogP contribution in [0.3, 0.4) is 0 Å². The van der Waals surface area contributed by atoms with Crippen LogP contribution in [-0.4, -0.2) is 5.91 Å². The van der Waals surface area contributed by atoms with Gasteiger partial charge in [-0.1, -0.05) is 23.7 Å². The van der Waals surface area contributed by atoms with Crippen molar-refractivity contribution in [3.05, 3.63) is 34.3 Å². The van der Waals surface area contributed by atoms with Gasteiger partial charge in [0.25, 0.3) is 5.91 Å². The number of thiol groups is 1. The zero-order valence-electron chi connectivity index (χ0n) is 7.62. The highest BCUT2D eigenvalue weighted by atomic mass is 35.5. The molecule has 0 spiro atoms. The number of aryl methyl sites for hydroxylation is 1. The monoisotopic (exact) mass is 230 g/mol. The number of hydrogen-bond donors (Lipinski definition) is 3. The molecule has 3 nitrogen and oxygen atoms in total. The maximum atomic E-state index is 11.2. The average Bonchev–Trinajstić information content (AvgIpc) is 2.15. The van der Waals surface area contributed by atoms with Crippen LogP contribution in [0.1, 0.15) is 16.4 Å². The van der Waals surface area contributed by atoms with E-state index in [0.29, 0.717) is 10.6 Å². The van der Waals surface area contributed by atoms with Crippen LogP contribution in [0.5, 0.6) is 0 Å². The van der Waals surface area contributed by atoms with Crippen molar-refractivity contribution in [1.29, 1.82) is 0 Å². The number of nitrogens with one attached hydrogen (secondary N) is 1. The standard InChI is InChI=1S/C9H11ClN2OS/c1-5-2-3-6(7(10)4-5)8(14)9(13)12-11/h2-4,8,14H,11H2,1H3,(H,12,13). The van der Waals surface area contributed by atoms with Gasteiger partial charge in [0.15, 0.2) is 0 Å². The maximum absolute atomic E-state index is 11.2. The van der Waals surface area contributed by atoms with Gasteiger partial charge in [0, 0.05) is 5.02 Å². The first kappa shape index (κ1) is 11.4. The molecule has 1 unspecified atom stereocenters. The lowest BCUT2D eigenvalue weighted by Crippen LogP contribution is -2.33. The Morgan fingerprint density at radius 1 is 1.64 bits per heavy atom. The topological polar surface area (TPSA) is 55.1 Å². The highest BCUT2D eigenvalue weighted by Gasteiger charge is 2.17. The second-order valence-corrected chi connectivity index (χ2v) is 3.86. The molecule has 0 aliphatic rings. The SMILES string of the molecule is Cc1ccc(C(S)C(=O)NN)c(Cl)c1. The summed E-state index contributed by atoms with van der Waals surface area (Å²) in [4.78, 5) is 11.2. The summed E-state index contributed by atoms with van der Waals surface area (Å²) in [5, 5.41) is -0.110. The predicted molar refractivity (Wildman–Crippen MR) is 60.2 cm³/mol. The Hall–Kier alpha value is -0.710. The minimum atomic E-state index is -0.631. The minimum Gasteiger partial charge on any atom is -0.293 e. The number of halogens is 1. The molecule has 0 heterocycles. The highest BCUT2D eigenvalue weighted by molar-refractivity contribution is 7.81. The quantitative estimate of drug-likeness (QED) is 0.313. The van der Waals surface area contributed by atoms with E-state index in [-0.39, 0.29) is 5.91 Å². The number of hydrogen-bond acceptors (Lipinski definition) is 3. The van der Waals surface area contributed by atoms with E-state index in [0.717, 1.165) is 5.56 Å². The number of carbonyl (C=O) groups excluding carboxylic acids is 1. The summed E-state index contributed by atoms with van der Waals surface area (Å²) in [6.45, 7) is 1.92. The van der Waals surface area contributed by atoms with Gasteiger partial charge in [-0.3, -0.25) is 10.2 Å². The number of nitrogens with two attached hydrogens (primary N) is 1. The Balaban J connectivity index is 3.01. The summed E-state index contributed by atoms with van der Waals surface area (Å²) in [5.41, 5.74) is 3.72. The Labute approximate surface area is 93.0 Å². The normalized spacial score (nSPS) is 12.3. The third kappa shape index (κ3) is 2.41. The van der Waals surface area contributed by atoms with Crippen molar-refractivity contribution in [2.75, 3.05) is 0 Å². The molecule has 0 fully saturated rings. The molecular formula is C9H11ClN2OS. The molecule has 0 aliphatic carbocycles. The molecule has 1 aromatic carbocycles. The van der Waals surface area contributed by atoms with Crippen molar-refractivity contribution >= 4 is 30.1 Å². The predicted octanol–water partition coefficient (Wildman–Crippen LogP) is 1.61. The third-order valence-corrected chi connectivity index (χ3v) is 2.68. The molecule has 3 N–H and O–H groups in total. The van der Waals surface area contributed by atoms with Crippen LogP contribution < -0.4 is 11.3 Å². The molecule has 0 radical (unpaired) electrons. The molecule has 76 valence electrons. The number of carbonyl (C=O) groups is 1. The smallest absolute Gasteiger partial charge is 0.251 e. The van der Waals surface area contributed by atoms with Gasteiger partial charge in [0.1, 0.15) is 5.25 Å². The zero-order chi connectivity index (χ0) is 10.7. The van der Waals surface area contributed by atoms with Gasteiger partial charge in [-0.2, -0.15) is 12.6 Å². The third-order valence-electron chi connectivity index (χ3n) is 1.84. The Morgan fingerprint density at radius 2 is 2.29 bits per heavy atom. The van der Waals surface area contributed by atoms with Crippen LogP contribution in [0, 0.1) is 6.92 Å². The number of hydrazine groups is 1. The Bertz CT molecular complexity index is 357. The Morgan fingerprint density at radius 3 is 2.79 bits per heavy atom. The lowest BCUT2D eigenvalue weighted by atomic mass is 10.1. The molecule has 1 atom stereocenters. The molecule has 1 rings (SSSR count). The molecule has 14 heavy (non-hydrogen) atoms. The maximum Gasteiger partial charge on any atom is 0.251 e. The fourth-order valence-electron chi connectivity index (χ4n) is 1.07.